The molecule has 17 heavy (non-hydrogen) atoms. The van der Waals surface area contributed by atoms with E-state index in [1.54, 1.807) is 0 Å². The number of aryl methyl sites for hydroxylation is 1. The number of hydrogen-bond acceptors (Lipinski definition) is 1. The van der Waals surface area contributed by atoms with E-state index in [-0.39, 0.29) is 5.41 Å². The topological polar surface area (TPSA) is 17.8 Å². The molecular weight excluding hydrogens is 208 g/mol. The van der Waals surface area contributed by atoms with Crippen molar-refractivity contribution in [3.8, 4) is 0 Å². The van der Waals surface area contributed by atoms with Crippen molar-refractivity contribution in [3.63, 3.8) is 0 Å². The predicted octanol–water partition coefficient (Wildman–Crippen LogP) is 3.54. The van der Waals surface area contributed by atoms with Gasteiger partial charge in [-0.15, -0.1) is 0 Å². The van der Waals surface area contributed by atoms with E-state index in [0.717, 1.165) is 12.4 Å². The van der Waals surface area contributed by atoms with Crippen LogP contribution in [0.25, 0.3) is 0 Å². The molecule has 0 bridgehead atoms. The monoisotopic (exact) mass is 228 g/mol. The van der Waals surface area contributed by atoms with Gasteiger partial charge in [-0.3, -0.25) is 0 Å². The maximum absolute atomic E-state index is 4.27. The predicted molar refractivity (Wildman–Crippen MR) is 71.2 cm³/mol. The molecule has 90 valence electrons. The fourth-order valence-corrected chi connectivity index (χ4v) is 2.14. The quantitative estimate of drug-likeness (QED) is 0.768. The number of aromatic nitrogens is 2. The van der Waals surface area contributed by atoms with Crippen LogP contribution in [-0.2, 0) is 12.0 Å². The van der Waals surface area contributed by atoms with E-state index in [9.17, 15) is 0 Å². The first-order valence-corrected chi connectivity index (χ1v) is 6.04. The van der Waals surface area contributed by atoms with Crippen LogP contribution in [0.3, 0.4) is 0 Å². The van der Waals surface area contributed by atoms with Gasteiger partial charge in [0.05, 0.1) is 0 Å². The molecule has 0 aliphatic rings. The van der Waals surface area contributed by atoms with Gasteiger partial charge in [0.2, 0.25) is 0 Å². The first kappa shape index (κ1) is 11.9. The summed E-state index contributed by atoms with van der Waals surface area (Å²) in [5.41, 5.74) is 2.97. The highest BCUT2D eigenvalue weighted by molar-refractivity contribution is 5.33. The van der Waals surface area contributed by atoms with Gasteiger partial charge in [-0.2, -0.15) is 0 Å². The van der Waals surface area contributed by atoms with Gasteiger partial charge < -0.3 is 4.57 Å². The summed E-state index contributed by atoms with van der Waals surface area (Å²) in [7, 11) is 0. The third-order valence-electron chi connectivity index (χ3n) is 3.09. The van der Waals surface area contributed by atoms with E-state index in [1.807, 2.05) is 19.3 Å². The number of imidazole rings is 1. The smallest absolute Gasteiger partial charge is 0.105 e. The Labute approximate surface area is 103 Å². The van der Waals surface area contributed by atoms with Gasteiger partial charge in [0.15, 0.2) is 0 Å². The standard InChI is InChI=1S/C15H20N2/c1-12-16-9-10-17(12)11-13-7-5-6-8-14(13)15(2,3)4/h5-10H,11H2,1-4H3. The first-order chi connectivity index (χ1) is 7.98. The third-order valence-corrected chi connectivity index (χ3v) is 3.09. The zero-order chi connectivity index (χ0) is 12.5. The molecule has 0 aliphatic heterocycles. The Bertz CT molecular complexity index is 504. The molecule has 0 saturated carbocycles. The second-order valence-electron chi connectivity index (χ2n) is 5.51. The molecule has 2 aromatic rings. The highest BCUT2D eigenvalue weighted by Gasteiger charge is 2.17. The average molecular weight is 228 g/mol. The van der Waals surface area contributed by atoms with Crippen LogP contribution in [0, 0.1) is 6.92 Å². The summed E-state index contributed by atoms with van der Waals surface area (Å²) in [6.45, 7) is 9.71. The zero-order valence-electron chi connectivity index (χ0n) is 11.1. The van der Waals surface area contributed by atoms with E-state index in [2.05, 4.69) is 54.6 Å². The molecule has 1 heterocycles. The molecule has 0 amide bonds. The Morgan fingerprint density at radius 3 is 2.47 bits per heavy atom. The molecule has 1 aromatic heterocycles. The Morgan fingerprint density at radius 2 is 1.88 bits per heavy atom. The van der Waals surface area contributed by atoms with E-state index < -0.39 is 0 Å². The minimum atomic E-state index is 0.186. The molecule has 2 heteroatoms. The maximum atomic E-state index is 4.27. The van der Waals surface area contributed by atoms with Crippen molar-refractivity contribution in [3.05, 3.63) is 53.6 Å². The molecular formula is C15H20N2. The van der Waals surface area contributed by atoms with Crippen LogP contribution < -0.4 is 0 Å². The minimum absolute atomic E-state index is 0.186. The summed E-state index contributed by atoms with van der Waals surface area (Å²) in [6, 6.07) is 8.66. The molecule has 1 aromatic carbocycles. The van der Waals surface area contributed by atoms with Gasteiger partial charge in [-0.05, 0) is 23.5 Å². The molecule has 2 nitrogen and oxygen atoms in total. The second kappa shape index (κ2) is 4.36. The van der Waals surface area contributed by atoms with Crippen molar-refractivity contribution < 1.29 is 0 Å². The van der Waals surface area contributed by atoms with Crippen molar-refractivity contribution in [2.45, 2.75) is 39.7 Å². The van der Waals surface area contributed by atoms with Crippen LogP contribution in [0.4, 0.5) is 0 Å². The Hall–Kier alpha value is -1.57. The van der Waals surface area contributed by atoms with E-state index >= 15 is 0 Å². The molecule has 0 N–H and O–H groups in total. The Kier molecular flexibility index (Phi) is 3.05. The highest BCUT2D eigenvalue weighted by atomic mass is 15.0. The summed E-state index contributed by atoms with van der Waals surface area (Å²) in [5.74, 6) is 1.06. The van der Waals surface area contributed by atoms with Crippen LogP contribution in [0.15, 0.2) is 36.7 Å². The van der Waals surface area contributed by atoms with Gasteiger partial charge in [-0.25, -0.2) is 4.98 Å². The van der Waals surface area contributed by atoms with Crippen molar-refractivity contribution in [1.29, 1.82) is 0 Å². The Balaban J connectivity index is 2.37. The van der Waals surface area contributed by atoms with E-state index in [1.165, 1.54) is 11.1 Å². The lowest BCUT2D eigenvalue weighted by Gasteiger charge is -2.23. The number of rotatable bonds is 2. The Morgan fingerprint density at radius 1 is 1.18 bits per heavy atom. The fraction of sp³-hybridized carbons (Fsp3) is 0.400. The largest absolute Gasteiger partial charge is 0.331 e. The lowest BCUT2D eigenvalue weighted by molar-refractivity contribution is 0.577. The molecule has 0 spiro atoms. The zero-order valence-corrected chi connectivity index (χ0v) is 11.1. The average Bonchev–Trinajstić information content (AvgIpc) is 2.64. The molecule has 0 aliphatic carbocycles. The van der Waals surface area contributed by atoms with E-state index in [4.69, 9.17) is 0 Å². The lowest BCUT2D eigenvalue weighted by atomic mass is 9.84. The van der Waals surface area contributed by atoms with Gasteiger partial charge >= 0.3 is 0 Å². The SMILES string of the molecule is Cc1nccn1Cc1ccccc1C(C)(C)C. The summed E-state index contributed by atoms with van der Waals surface area (Å²) in [6.07, 6.45) is 3.89. The molecule has 0 fully saturated rings. The van der Waals surface area contributed by atoms with E-state index in [0.29, 0.717) is 0 Å². The summed E-state index contributed by atoms with van der Waals surface area (Å²) < 4.78 is 2.19. The molecule has 2 rings (SSSR count). The number of nitrogens with zero attached hydrogens (tertiary/aromatic N) is 2. The van der Waals surface area contributed by atoms with Gasteiger partial charge in [-0.1, -0.05) is 45.0 Å². The van der Waals surface area contributed by atoms with Crippen LogP contribution >= 0.6 is 0 Å². The maximum Gasteiger partial charge on any atom is 0.105 e. The van der Waals surface area contributed by atoms with Crippen LogP contribution in [0.1, 0.15) is 37.7 Å². The highest BCUT2D eigenvalue weighted by Crippen LogP contribution is 2.26. The normalized spacial score (nSPS) is 11.8. The third kappa shape index (κ3) is 2.57. The van der Waals surface area contributed by atoms with Gasteiger partial charge in [0.1, 0.15) is 5.82 Å². The van der Waals surface area contributed by atoms with Crippen molar-refractivity contribution >= 4 is 0 Å². The van der Waals surface area contributed by atoms with Gasteiger partial charge in [0, 0.05) is 18.9 Å². The van der Waals surface area contributed by atoms with Gasteiger partial charge in [0.25, 0.3) is 0 Å². The summed E-state index contributed by atoms with van der Waals surface area (Å²) >= 11 is 0. The summed E-state index contributed by atoms with van der Waals surface area (Å²) in [4.78, 5) is 4.27. The molecule has 0 atom stereocenters. The number of hydrogen-bond donors (Lipinski definition) is 0. The minimum Gasteiger partial charge on any atom is -0.331 e. The fourth-order valence-electron chi connectivity index (χ4n) is 2.14. The molecule has 0 radical (unpaired) electrons. The van der Waals surface area contributed by atoms with Crippen molar-refractivity contribution in [1.82, 2.24) is 9.55 Å². The summed E-state index contributed by atoms with van der Waals surface area (Å²) in [5, 5.41) is 0. The van der Waals surface area contributed by atoms with Crippen molar-refractivity contribution in [2.75, 3.05) is 0 Å². The molecule has 0 saturated heterocycles. The number of benzene rings is 1. The van der Waals surface area contributed by atoms with Crippen LogP contribution in [-0.4, -0.2) is 9.55 Å². The van der Waals surface area contributed by atoms with Crippen LogP contribution in [0.2, 0.25) is 0 Å². The lowest BCUT2D eigenvalue weighted by Crippen LogP contribution is -2.15. The van der Waals surface area contributed by atoms with Crippen LogP contribution in [0.5, 0.6) is 0 Å². The van der Waals surface area contributed by atoms with Crippen molar-refractivity contribution in [2.24, 2.45) is 0 Å². The second-order valence-corrected chi connectivity index (χ2v) is 5.51. The molecule has 0 unspecified atom stereocenters. The first-order valence-electron chi connectivity index (χ1n) is 6.04.